The van der Waals surface area contributed by atoms with Gasteiger partial charge in [0.15, 0.2) is 0 Å². The minimum atomic E-state index is -5.08. The molecule has 0 saturated carbocycles. The monoisotopic (exact) mass is 409 g/mol. The summed E-state index contributed by atoms with van der Waals surface area (Å²) in [6.07, 6.45) is -1.07. The Bertz CT molecular complexity index is 916. The number of carbonyl (C=O) groups excluding carboxylic acids is 1. The number of anilines is 1. The van der Waals surface area contributed by atoms with Gasteiger partial charge in [0.25, 0.3) is 5.91 Å². The zero-order chi connectivity index (χ0) is 20.6. The Kier molecular flexibility index (Phi) is 7.21. The summed E-state index contributed by atoms with van der Waals surface area (Å²) in [5, 5.41) is 12.6. The van der Waals surface area contributed by atoms with E-state index in [1.165, 1.54) is 16.9 Å². The van der Waals surface area contributed by atoms with Gasteiger partial charge in [-0.2, -0.15) is 13.2 Å². The van der Waals surface area contributed by atoms with Gasteiger partial charge >= 0.3 is 12.1 Å². The van der Waals surface area contributed by atoms with Crippen molar-refractivity contribution in [2.45, 2.75) is 12.6 Å². The summed E-state index contributed by atoms with van der Waals surface area (Å²) >= 11 is 1.50. The van der Waals surface area contributed by atoms with E-state index >= 15 is 0 Å². The van der Waals surface area contributed by atoms with Crippen LogP contribution in [0.25, 0.3) is 0 Å². The van der Waals surface area contributed by atoms with Crippen molar-refractivity contribution in [3.8, 4) is 0 Å². The summed E-state index contributed by atoms with van der Waals surface area (Å²) in [6, 6.07) is 13.7. The molecule has 6 nitrogen and oxygen atoms in total. The highest BCUT2D eigenvalue weighted by molar-refractivity contribution is 7.09. The second kappa shape index (κ2) is 9.60. The SMILES string of the molecule is O=C(Nc1cccnc1)c1csc(Cc2ccccc2)n1.O=C(O)C(F)(F)F. The van der Waals surface area contributed by atoms with Gasteiger partial charge < -0.3 is 10.4 Å². The third-order valence-corrected chi connectivity index (χ3v) is 3.99. The lowest BCUT2D eigenvalue weighted by Crippen LogP contribution is -2.21. The molecule has 28 heavy (non-hydrogen) atoms. The van der Waals surface area contributed by atoms with Crippen LogP contribution >= 0.6 is 11.3 Å². The molecule has 2 heterocycles. The number of alkyl halides is 3. The lowest BCUT2D eigenvalue weighted by atomic mass is 10.2. The fraction of sp³-hybridized carbons (Fsp3) is 0.111. The number of amides is 1. The molecule has 0 bridgehead atoms. The highest BCUT2D eigenvalue weighted by atomic mass is 32.1. The molecule has 0 radical (unpaired) electrons. The molecule has 1 amide bonds. The maximum Gasteiger partial charge on any atom is 0.490 e. The fourth-order valence-electron chi connectivity index (χ4n) is 1.90. The molecule has 0 aliphatic rings. The van der Waals surface area contributed by atoms with Crippen LogP contribution in [0.1, 0.15) is 21.1 Å². The third kappa shape index (κ3) is 6.80. The van der Waals surface area contributed by atoms with Crippen LogP contribution < -0.4 is 5.32 Å². The summed E-state index contributed by atoms with van der Waals surface area (Å²) in [5.41, 5.74) is 2.29. The van der Waals surface area contributed by atoms with Gasteiger partial charge in [-0.05, 0) is 17.7 Å². The number of carboxylic acids is 1. The fourth-order valence-corrected chi connectivity index (χ4v) is 2.71. The second-order valence-electron chi connectivity index (χ2n) is 5.29. The second-order valence-corrected chi connectivity index (χ2v) is 6.23. The molecule has 2 N–H and O–H groups in total. The van der Waals surface area contributed by atoms with Crippen LogP contribution in [0, 0.1) is 0 Å². The Morgan fingerprint density at radius 2 is 1.79 bits per heavy atom. The summed E-state index contributed by atoms with van der Waals surface area (Å²) in [7, 11) is 0. The minimum absolute atomic E-state index is 0.210. The zero-order valence-electron chi connectivity index (χ0n) is 14.2. The standard InChI is InChI=1S/C16H13N3OS.C2HF3O2/c20-16(18-13-7-4-8-17-10-13)14-11-21-15(19-14)9-12-5-2-1-3-6-12;3-2(4,5)1(6)7/h1-8,10-11H,9H2,(H,18,20);(H,6,7). The van der Waals surface area contributed by atoms with Crippen LogP contribution in [-0.4, -0.2) is 33.1 Å². The van der Waals surface area contributed by atoms with Gasteiger partial charge in [-0.1, -0.05) is 30.3 Å². The van der Waals surface area contributed by atoms with Crippen LogP contribution in [0.4, 0.5) is 18.9 Å². The van der Waals surface area contributed by atoms with E-state index < -0.39 is 12.1 Å². The number of nitrogens with one attached hydrogen (secondary N) is 1. The maximum atomic E-state index is 12.1. The van der Waals surface area contributed by atoms with Gasteiger partial charge in [0.1, 0.15) is 5.69 Å². The zero-order valence-corrected chi connectivity index (χ0v) is 15.0. The molecular formula is C18H14F3N3O3S. The van der Waals surface area contributed by atoms with Crippen LogP contribution in [0.5, 0.6) is 0 Å². The van der Waals surface area contributed by atoms with Crippen molar-refractivity contribution in [2.75, 3.05) is 5.32 Å². The quantitative estimate of drug-likeness (QED) is 0.679. The minimum Gasteiger partial charge on any atom is -0.475 e. The normalized spacial score (nSPS) is 10.5. The first-order valence-corrected chi connectivity index (χ1v) is 8.63. The van der Waals surface area contributed by atoms with E-state index in [0.29, 0.717) is 11.4 Å². The van der Waals surface area contributed by atoms with Crippen molar-refractivity contribution in [1.29, 1.82) is 0 Å². The molecule has 0 aliphatic carbocycles. The number of hydrogen-bond acceptors (Lipinski definition) is 5. The molecule has 0 atom stereocenters. The molecule has 0 spiro atoms. The average molecular weight is 409 g/mol. The molecule has 10 heteroatoms. The highest BCUT2D eigenvalue weighted by Crippen LogP contribution is 2.16. The number of aliphatic carboxylic acids is 1. The molecule has 0 fully saturated rings. The molecule has 0 aliphatic heterocycles. The largest absolute Gasteiger partial charge is 0.490 e. The van der Waals surface area contributed by atoms with E-state index in [1.54, 1.807) is 29.9 Å². The summed E-state index contributed by atoms with van der Waals surface area (Å²) < 4.78 is 31.7. The molecule has 146 valence electrons. The number of thiazole rings is 1. The van der Waals surface area contributed by atoms with Crippen molar-refractivity contribution in [3.05, 3.63) is 76.5 Å². The molecule has 3 aromatic rings. The summed E-state index contributed by atoms with van der Waals surface area (Å²) in [5.74, 6) is -2.97. The topological polar surface area (TPSA) is 92.2 Å². The Morgan fingerprint density at radius 1 is 1.11 bits per heavy atom. The van der Waals surface area contributed by atoms with Crippen molar-refractivity contribution < 1.29 is 27.9 Å². The number of benzene rings is 1. The average Bonchev–Trinajstić information content (AvgIpc) is 3.12. The first-order chi connectivity index (χ1) is 13.3. The van der Waals surface area contributed by atoms with Gasteiger partial charge in [-0.15, -0.1) is 11.3 Å². The first kappa shape index (κ1) is 21.0. The molecule has 0 unspecified atom stereocenters. The first-order valence-electron chi connectivity index (χ1n) is 7.75. The van der Waals surface area contributed by atoms with E-state index in [-0.39, 0.29) is 5.91 Å². The molecule has 1 aromatic carbocycles. The Hall–Kier alpha value is -3.27. The number of rotatable bonds is 4. The van der Waals surface area contributed by atoms with E-state index in [4.69, 9.17) is 9.90 Å². The lowest BCUT2D eigenvalue weighted by molar-refractivity contribution is -0.192. The molecule has 0 saturated heterocycles. The highest BCUT2D eigenvalue weighted by Gasteiger charge is 2.38. The Balaban J connectivity index is 0.000000345. The van der Waals surface area contributed by atoms with Gasteiger partial charge in [0.2, 0.25) is 0 Å². The number of hydrogen-bond donors (Lipinski definition) is 2. The van der Waals surface area contributed by atoms with Crippen LogP contribution in [0.2, 0.25) is 0 Å². The van der Waals surface area contributed by atoms with E-state index in [9.17, 15) is 18.0 Å². The summed E-state index contributed by atoms with van der Waals surface area (Å²) in [6.45, 7) is 0. The third-order valence-electron chi connectivity index (χ3n) is 3.14. The predicted octanol–water partition coefficient (Wildman–Crippen LogP) is 4.01. The van der Waals surface area contributed by atoms with Crippen molar-refractivity contribution in [1.82, 2.24) is 9.97 Å². The number of carboxylic acid groups (broad SMARTS) is 1. The predicted molar refractivity (Wildman–Crippen MR) is 97.2 cm³/mol. The number of nitrogens with zero attached hydrogens (tertiary/aromatic N) is 2. The van der Waals surface area contributed by atoms with Gasteiger partial charge in [-0.25, -0.2) is 9.78 Å². The molecule has 2 aromatic heterocycles. The van der Waals surface area contributed by atoms with E-state index in [2.05, 4.69) is 27.4 Å². The van der Waals surface area contributed by atoms with E-state index in [1.807, 2.05) is 18.2 Å². The summed E-state index contributed by atoms with van der Waals surface area (Å²) in [4.78, 5) is 29.3. The Labute approximate surface area is 161 Å². The van der Waals surface area contributed by atoms with Crippen LogP contribution in [0.3, 0.4) is 0 Å². The number of aromatic nitrogens is 2. The van der Waals surface area contributed by atoms with Gasteiger partial charge in [0, 0.05) is 18.0 Å². The number of halogens is 3. The van der Waals surface area contributed by atoms with Crippen molar-refractivity contribution in [3.63, 3.8) is 0 Å². The number of pyridine rings is 1. The van der Waals surface area contributed by atoms with Gasteiger partial charge in [-0.3, -0.25) is 9.78 Å². The van der Waals surface area contributed by atoms with Crippen LogP contribution in [-0.2, 0) is 11.2 Å². The van der Waals surface area contributed by atoms with Crippen LogP contribution in [0.15, 0.2) is 60.2 Å². The maximum absolute atomic E-state index is 12.1. The molecular weight excluding hydrogens is 395 g/mol. The number of carbonyl (C=O) groups is 2. The van der Waals surface area contributed by atoms with Gasteiger partial charge in [0.05, 0.1) is 16.9 Å². The van der Waals surface area contributed by atoms with Crippen molar-refractivity contribution in [2.24, 2.45) is 0 Å². The molecule has 3 rings (SSSR count). The Morgan fingerprint density at radius 3 is 2.36 bits per heavy atom. The lowest BCUT2D eigenvalue weighted by Gasteiger charge is -2.01. The van der Waals surface area contributed by atoms with E-state index in [0.717, 1.165) is 11.4 Å². The smallest absolute Gasteiger partial charge is 0.475 e. The van der Waals surface area contributed by atoms with Crippen molar-refractivity contribution >= 4 is 28.9 Å².